The zero-order chi connectivity index (χ0) is 14.7. The smallest absolute Gasteiger partial charge is 0.255 e. The van der Waals surface area contributed by atoms with E-state index in [1.165, 1.54) is 12.1 Å². The van der Waals surface area contributed by atoms with Crippen LogP contribution in [0, 0.1) is 24.1 Å². The van der Waals surface area contributed by atoms with Crippen LogP contribution in [-0.4, -0.2) is 5.91 Å². The molecule has 0 aliphatic heterocycles. The molecule has 0 aliphatic carbocycles. The molecule has 100 valence electrons. The predicted molar refractivity (Wildman–Crippen MR) is 75.3 cm³/mol. The molecule has 0 heterocycles. The van der Waals surface area contributed by atoms with Gasteiger partial charge in [-0.15, -0.1) is 0 Å². The monoisotopic (exact) mass is 288 g/mol. The maximum atomic E-state index is 13.1. The van der Waals surface area contributed by atoms with Crippen molar-refractivity contribution >= 4 is 23.2 Å². The molecular weight excluding hydrogens is 279 g/mol. The van der Waals surface area contributed by atoms with E-state index >= 15 is 0 Å². The molecule has 0 aromatic heterocycles. The lowest BCUT2D eigenvalue weighted by atomic mass is 10.1. The first-order chi connectivity index (χ1) is 9.52. The van der Waals surface area contributed by atoms with Crippen molar-refractivity contribution in [3.8, 4) is 6.07 Å². The third-order valence-electron chi connectivity index (χ3n) is 2.81. The van der Waals surface area contributed by atoms with Gasteiger partial charge in [0.05, 0.1) is 16.3 Å². The van der Waals surface area contributed by atoms with Crippen LogP contribution >= 0.6 is 11.6 Å². The normalized spacial score (nSPS) is 9.90. The van der Waals surface area contributed by atoms with E-state index in [1.54, 1.807) is 25.1 Å². The Bertz CT molecular complexity index is 722. The Labute approximate surface area is 120 Å². The van der Waals surface area contributed by atoms with Crippen LogP contribution in [0.3, 0.4) is 0 Å². The van der Waals surface area contributed by atoms with E-state index in [4.69, 9.17) is 16.9 Å². The highest BCUT2D eigenvalue weighted by Crippen LogP contribution is 2.21. The topological polar surface area (TPSA) is 52.9 Å². The van der Waals surface area contributed by atoms with E-state index in [-0.39, 0.29) is 10.6 Å². The zero-order valence-electron chi connectivity index (χ0n) is 10.6. The van der Waals surface area contributed by atoms with Crippen molar-refractivity contribution in [2.45, 2.75) is 6.92 Å². The predicted octanol–water partition coefficient (Wildman–Crippen LogP) is 3.91. The van der Waals surface area contributed by atoms with E-state index in [1.807, 2.05) is 6.07 Å². The zero-order valence-corrected chi connectivity index (χ0v) is 11.3. The van der Waals surface area contributed by atoms with Crippen LogP contribution in [0.15, 0.2) is 36.4 Å². The van der Waals surface area contributed by atoms with Crippen LogP contribution in [0.25, 0.3) is 0 Å². The molecule has 0 atom stereocenters. The van der Waals surface area contributed by atoms with Gasteiger partial charge in [0.25, 0.3) is 5.91 Å². The molecule has 0 fully saturated rings. The number of carbonyl (C=O) groups is 1. The SMILES string of the molecule is Cc1cccc(NC(=O)c2ccc(F)c(Cl)c2)c1C#N. The molecule has 3 nitrogen and oxygen atoms in total. The Hall–Kier alpha value is -2.38. The fourth-order valence-electron chi connectivity index (χ4n) is 1.75. The van der Waals surface area contributed by atoms with Gasteiger partial charge in [0.1, 0.15) is 11.9 Å². The van der Waals surface area contributed by atoms with Crippen molar-refractivity contribution in [2.24, 2.45) is 0 Å². The van der Waals surface area contributed by atoms with Crippen molar-refractivity contribution in [3.05, 3.63) is 63.9 Å². The van der Waals surface area contributed by atoms with Gasteiger partial charge in [-0.3, -0.25) is 4.79 Å². The van der Waals surface area contributed by atoms with Gasteiger partial charge in [-0.25, -0.2) is 4.39 Å². The molecule has 0 bridgehead atoms. The number of amides is 1. The van der Waals surface area contributed by atoms with Crippen molar-refractivity contribution in [3.63, 3.8) is 0 Å². The van der Waals surface area contributed by atoms with Crippen LogP contribution < -0.4 is 5.32 Å². The average Bonchev–Trinajstić information content (AvgIpc) is 2.42. The van der Waals surface area contributed by atoms with Crippen LogP contribution in [0.4, 0.5) is 10.1 Å². The third-order valence-corrected chi connectivity index (χ3v) is 3.10. The summed E-state index contributed by atoms with van der Waals surface area (Å²) in [5.41, 5.74) is 1.80. The highest BCUT2D eigenvalue weighted by Gasteiger charge is 2.12. The van der Waals surface area contributed by atoms with E-state index in [9.17, 15) is 9.18 Å². The molecule has 0 saturated carbocycles. The van der Waals surface area contributed by atoms with Crippen molar-refractivity contribution in [1.82, 2.24) is 0 Å². The molecule has 2 rings (SSSR count). The van der Waals surface area contributed by atoms with E-state index in [2.05, 4.69) is 5.32 Å². The number of carbonyl (C=O) groups excluding carboxylic acids is 1. The molecule has 2 aromatic carbocycles. The summed E-state index contributed by atoms with van der Waals surface area (Å²) in [5, 5.41) is 11.6. The minimum atomic E-state index is -0.587. The molecule has 20 heavy (non-hydrogen) atoms. The van der Waals surface area contributed by atoms with Crippen molar-refractivity contribution < 1.29 is 9.18 Å². The van der Waals surface area contributed by atoms with Gasteiger partial charge >= 0.3 is 0 Å². The van der Waals surface area contributed by atoms with Crippen LogP contribution in [0.2, 0.25) is 5.02 Å². The second-order valence-electron chi connectivity index (χ2n) is 4.19. The number of nitrogens with zero attached hydrogens (tertiary/aromatic N) is 1. The van der Waals surface area contributed by atoms with E-state index < -0.39 is 11.7 Å². The third kappa shape index (κ3) is 2.79. The lowest BCUT2D eigenvalue weighted by molar-refractivity contribution is 0.102. The first-order valence-electron chi connectivity index (χ1n) is 5.79. The molecule has 0 saturated heterocycles. The Kier molecular flexibility index (Phi) is 4.02. The van der Waals surface area contributed by atoms with Gasteiger partial charge in [0.2, 0.25) is 0 Å². The minimum Gasteiger partial charge on any atom is -0.321 e. The fourth-order valence-corrected chi connectivity index (χ4v) is 1.93. The summed E-state index contributed by atoms with van der Waals surface area (Å²) >= 11 is 5.64. The fraction of sp³-hybridized carbons (Fsp3) is 0.0667. The molecule has 5 heteroatoms. The summed E-state index contributed by atoms with van der Waals surface area (Å²) in [6.45, 7) is 1.78. The number of nitriles is 1. The molecule has 2 aromatic rings. The number of nitrogens with one attached hydrogen (secondary N) is 1. The van der Waals surface area contributed by atoms with Crippen LogP contribution in [0.1, 0.15) is 21.5 Å². The van der Waals surface area contributed by atoms with E-state index in [0.29, 0.717) is 11.3 Å². The number of anilines is 1. The van der Waals surface area contributed by atoms with Crippen molar-refractivity contribution in [1.29, 1.82) is 5.26 Å². The maximum Gasteiger partial charge on any atom is 0.255 e. The van der Waals surface area contributed by atoms with Gasteiger partial charge in [-0.05, 0) is 36.8 Å². The first kappa shape index (κ1) is 14.0. The Morgan fingerprint density at radius 2 is 2.10 bits per heavy atom. The highest BCUT2D eigenvalue weighted by atomic mass is 35.5. The van der Waals surface area contributed by atoms with E-state index in [0.717, 1.165) is 11.6 Å². The lowest BCUT2D eigenvalue weighted by Crippen LogP contribution is -2.13. The quantitative estimate of drug-likeness (QED) is 0.911. The number of rotatable bonds is 2. The highest BCUT2D eigenvalue weighted by molar-refractivity contribution is 6.31. The Balaban J connectivity index is 2.31. The standard InChI is InChI=1S/C15H10ClFN2O/c1-9-3-2-4-14(11(9)8-18)19-15(20)10-5-6-13(17)12(16)7-10/h2-7H,1H3,(H,19,20). The molecule has 0 radical (unpaired) electrons. The lowest BCUT2D eigenvalue weighted by Gasteiger charge is -2.09. The average molecular weight is 289 g/mol. The maximum absolute atomic E-state index is 13.1. The van der Waals surface area contributed by atoms with Gasteiger partial charge in [0, 0.05) is 5.56 Å². The second-order valence-corrected chi connectivity index (χ2v) is 4.60. The molecule has 0 unspecified atom stereocenters. The summed E-state index contributed by atoms with van der Waals surface area (Å²) in [7, 11) is 0. The minimum absolute atomic E-state index is 0.123. The van der Waals surface area contributed by atoms with Crippen LogP contribution in [0.5, 0.6) is 0 Å². The van der Waals surface area contributed by atoms with Gasteiger partial charge in [-0.2, -0.15) is 5.26 Å². The molecule has 0 spiro atoms. The number of benzene rings is 2. The summed E-state index contributed by atoms with van der Waals surface area (Å²) < 4.78 is 13.1. The van der Waals surface area contributed by atoms with Gasteiger partial charge in [-0.1, -0.05) is 23.7 Å². The van der Waals surface area contributed by atoms with Crippen molar-refractivity contribution in [2.75, 3.05) is 5.32 Å². The van der Waals surface area contributed by atoms with Crippen LogP contribution in [-0.2, 0) is 0 Å². The second kappa shape index (κ2) is 5.72. The summed E-state index contributed by atoms with van der Waals surface area (Å²) in [4.78, 5) is 12.1. The first-order valence-corrected chi connectivity index (χ1v) is 6.17. The molecule has 1 N–H and O–H groups in total. The molecule has 1 amide bonds. The summed E-state index contributed by atoms with van der Waals surface area (Å²) in [5.74, 6) is -1.04. The largest absolute Gasteiger partial charge is 0.321 e. The Morgan fingerprint density at radius 3 is 2.75 bits per heavy atom. The van der Waals surface area contributed by atoms with Gasteiger partial charge < -0.3 is 5.32 Å². The molecule has 0 aliphatic rings. The number of hydrogen-bond acceptors (Lipinski definition) is 2. The number of aryl methyl sites for hydroxylation is 1. The Morgan fingerprint density at radius 1 is 1.35 bits per heavy atom. The molecular formula is C15H10ClFN2O. The number of hydrogen-bond donors (Lipinski definition) is 1. The van der Waals surface area contributed by atoms with Gasteiger partial charge in [0.15, 0.2) is 0 Å². The number of halogens is 2. The summed E-state index contributed by atoms with van der Waals surface area (Å²) in [6, 6.07) is 10.9. The summed E-state index contributed by atoms with van der Waals surface area (Å²) in [6.07, 6.45) is 0.